The number of unbranched alkanes of at least 4 members (excludes halogenated alkanes) is 14. The Bertz CT molecular complexity index is 182. The minimum atomic E-state index is -0.494. The Kier molecular flexibility index (Phi) is 17.9. The largest absolute Gasteiger partial charge is 0.394 e. The van der Waals surface area contributed by atoms with Gasteiger partial charge in [0.1, 0.15) is 0 Å². The second-order valence-corrected chi connectivity index (χ2v) is 6.57. The zero-order valence-corrected chi connectivity index (χ0v) is 14.5. The van der Waals surface area contributed by atoms with Crippen molar-refractivity contribution < 1.29 is 10.2 Å². The molecule has 0 aromatic rings. The number of hydrogen-bond acceptors (Lipinski definition) is 2. The molecule has 1 atom stereocenters. The van der Waals surface area contributed by atoms with Crippen LogP contribution in [-0.2, 0) is 0 Å². The average Bonchev–Trinajstić information content (AvgIpc) is 2.50. The van der Waals surface area contributed by atoms with Gasteiger partial charge in [0, 0.05) is 0 Å². The van der Waals surface area contributed by atoms with E-state index in [9.17, 15) is 5.11 Å². The lowest BCUT2D eigenvalue weighted by Gasteiger charge is -2.06. The summed E-state index contributed by atoms with van der Waals surface area (Å²) in [5, 5.41) is 17.9. The molecule has 0 aromatic carbocycles. The minimum absolute atomic E-state index is 0.0847. The maximum absolute atomic E-state index is 9.21. The van der Waals surface area contributed by atoms with Crippen LogP contribution in [-0.4, -0.2) is 22.9 Å². The van der Waals surface area contributed by atoms with Gasteiger partial charge in [0.15, 0.2) is 0 Å². The van der Waals surface area contributed by atoms with Crippen LogP contribution >= 0.6 is 0 Å². The quantitative estimate of drug-likeness (QED) is 0.343. The smallest absolute Gasteiger partial charge is 0.0770 e. The van der Waals surface area contributed by atoms with Crippen LogP contribution in [0.4, 0.5) is 0 Å². The lowest BCUT2D eigenvalue weighted by atomic mass is 10.0. The van der Waals surface area contributed by atoms with Gasteiger partial charge in [0.05, 0.1) is 12.7 Å². The topological polar surface area (TPSA) is 40.5 Å². The van der Waals surface area contributed by atoms with E-state index in [-0.39, 0.29) is 6.61 Å². The second-order valence-electron chi connectivity index (χ2n) is 6.57. The summed E-state index contributed by atoms with van der Waals surface area (Å²) in [6.07, 6.45) is 20.7. The molecule has 21 heavy (non-hydrogen) atoms. The third kappa shape index (κ3) is 17.9. The molecule has 0 aromatic heterocycles. The van der Waals surface area contributed by atoms with Crippen LogP contribution in [0.15, 0.2) is 0 Å². The highest BCUT2D eigenvalue weighted by Crippen LogP contribution is 2.13. The fourth-order valence-electron chi connectivity index (χ4n) is 2.84. The van der Waals surface area contributed by atoms with Crippen LogP contribution in [0.5, 0.6) is 0 Å². The van der Waals surface area contributed by atoms with E-state index in [0.29, 0.717) is 0 Å². The van der Waals surface area contributed by atoms with E-state index in [1.165, 1.54) is 89.9 Å². The second kappa shape index (κ2) is 18.0. The van der Waals surface area contributed by atoms with Crippen molar-refractivity contribution in [2.45, 2.75) is 116 Å². The molecule has 0 rings (SSSR count). The molecule has 0 amide bonds. The summed E-state index contributed by atoms with van der Waals surface area (Å²) in [6.45, 7) is 2.19. The summed E-state index contributed by atoms with van der Waals surface area (Å²) in [4.78, 5) is 0. The van der Waals surface area contributed by atoms with Crippen LogP contribution < -0.4 is 0 Å². The normalized spacial score (nSPS) is 12.7. The van der Waals surface area contributed by atoms with Gasteiger partial charge in [-0.2, -0.15) is 0 Å². The summed E-state index contributed by atoms with van der Waals surface area (Å²) < 4.78 is 0. The number of rotatable bonds is 17. The van der Waals surface area contributed by atoms with Gasteiger partial charge >= 0.3 is 0 Å². The van der Waals surface area contributed by atoms with Crippen molar-refractivity contribution in [2.24, 2.45) is 0 Å². The molecule has 128 valence electrons. The van der Waals surface area contributed by atoms with Crippen molar-refractivity contribution in [3.05, 3.63) is 0 Å². The highest BCUT2D eigenvalue weighted by atomic mass is 16.3. The Morgan fingerprint density at radius 2 is 0.905 bits per heavy atom. The van der Waals surface area contributed by atoms with Crippen LogP contribution in [0.1, 0.15) is 110 Å². The van der Waals surface area contributed by atoms with Crippen LogP contribution in [0.3, 0.4) is 0 Å². The molecule has 0 aliphatic heterocycles. The van der Waals surface area contributed by atoms with Gasteiger partial charge in [-0.3, -0.25) is 0 Å². The Balaban J connectivity index is 2.96. The van der Waals surface area contributed by atoms with Crippen molar-refractivity contribution in [1.29, 1.82) is 0 Å². The minimum Gasteiger partial charge on any atom is -0.394 e. The van der Waals surface area contributed by atoms with Gasteiger partial charge in [0.2, 0.25) is 0 Å². The molecule has 0 radical (unpaired) electrons. The highest BCUT2D eigenvalue weighted by Gasteiger charge is 2.00. The number of aliphatic hydroxyl groups is 2. The van der Waals surface area contributed by atoms with E-state index in [4.69, 9.17) is 5.11 Å². The van der Waals surface area contributed by atoms with Crippen LogP contribution in [0, 0.1) is 0 Å². The lowest BCUT2D eigenvalue weighted by Crippen LogP contribution is -2.10. The Morgan fingerprint density at radius 3 is 1.24 bits per heavy atom. The summed E-state index contributed by atoms with van der Waals surface area (Å²) in [7, 11) is 0. The van der Waals surface area contributed by atoms with Gasteiger partial charge in [-0.05, 0) is 6.42 Å². The van der Waals surface area contributed by atoms with Crippen molar-refractivity contribution in [3.63, 3.8) is 0 Å². The zero-order valence-electron chi connectivity index (χ0n) is 14.5. The predicted molar refractivity (Wildman–Crippen MR) is 92.6 cm³/mol. The van der Waals surface area contributed by atoms with Gasteiger partial charge < -0.3 is 10.2 Å². The monoisotopic (exact) mass is 300 g/mol. The molecule has 0 aliphatic carbocycles. The summed E-state index contributed by atoms with van der Waals surface area (Å²) in [5.41, 5.74) is 0. The molecular weight excluding hydrogens is 260 g/mol. The standard InChI is InChI=1S/C19H40O2/c1-2-3-4-5-6-7-8-9-10-11-12-13-14-15-16-17-19(21)18-20/h19-21H,2-18H2,1H3/t19-/m1/s1. The molecule has 2 nitrogen and oxygen atoms in total. The van der Waals surface area contributed by atoms with Crippen molar-refractivity contribution in [1.82, 2.24) is 0 Å². The molecule has 2 heteroatoms. The van der Waals surface area contributed by atoms with Gasteiger partial charge in [-0.25, -0.2) is 0 Å². The fourth-order valence-corrected chi connectivity index (χ4v) is 2.84. The van der Waals surface area contributed by atoms with E-state index in [0.717, 1.165) is 12.8 Å². The molecule has 2 N–H and O–H groups in total. The SMILES string of the molecule is CCCCCCCCCCCCCCCCC[C@@H](O)CO. The van der Waals surface area contributed by atoms with E-state index in [1.807, 2.05) is 0 Å². The van der Waals surface area contributed by atoms with Crippen molar-refractivity contribution >= 4 is 0 Å². The lowest BCUT2D eigenvalue weighted by molar-refractivity contribution is 0.0860. The Morgan fingerprint density at radius 1 is 0.571 bits per heavy atom. The first kappa shape index (κ1) is 20.9. The molecule has 0 spiro atoms. The molecular formula is C19H40O2. The zero-order chi connectivity index (χ0) is 15.6. The Hall–Kier alpha value is -0.0800. The molecule has 0 saturated heterocycles. The maximum atomic E-state index is 9.21. The van der Waals surface area contributed by atoms with Crippen LogP contribution in [0.2, 0.25) is 0 Å². The molecule has 0 unspecified atom stereocenters. The van der Waals surface area contributed by atoms with E-state index >= 15 is 0 Å². The van der Waals surface area contributed by atoms with Crippen LogP contribution in [0.25, 0.3) is 0 Å². The molecule has 0 fully saturated rings. The highest BCUT2D eigenvalue weighted by molar-refractivity contribution is 4.54. The molecule has 0 aliphatic rings. The molecule has 0 heterocycles. The number of hydrogen-bond donors (Lipinski definition) is 2. The molecule has 0 bridgehead atoms. The van der Waals surface area contributed by atoms with E-state index < -0.39 is 6.10 Å². The maximum Gasteiger partial charge on any atom is 0.0770 e. The third-order valence-corrected chi connectivity index (χ3v) is 4.35. The van der Waals surface area contributed by atoms with Gasteiger partial charge in [-0.15, -0.1) is 0 Å². The van der Waals surface area contributed by atoms with Crippen molar-refractivity contribution in [2.75, 3.05) is 6.61 Å². The average molecular weight is 301 g/mol. The molecule has 0 saturated carbocycles. The fraction of sp³-hybridized carbons (Fsp3) is 1.00. The summed E-state index contributed by atoms with van der Waals surface area (Å²) in [5.74, 6) is 0. The van der Waals surface area contributed by atoms with E-state index in [1.54, 1.807) is 0 Å². The summed E-state index contributed by atoms with van der Waals surface area (Å²) >= 11 is 0. The van der Waals surface area contributed by atoms with E-state index in [2.05, 4.69) is 6.92 Å². The van der Waals surface area contributed by atoms with Crippen molar-refractivity contribution in [3.8, 4) is 0 Å². The van der Waals surface area contributed by atoms with Gasteiger partial charge in [-0.1, -0.05) is 103 Å². The third-order valence-electron chi connectivity index (χ3n) is 4.35. The number of aliphatic hydroxyl groups excluding tert-OH is 2. The first-order chi connectivity index (χ1) is 10.3. The first-order valence-corrected chi connectivity index (χ1v) is 9.60. The first-order valence-electron chi connectivity index (χ1n) is 9.60. The van der Waals surface area contributed by atoms with Gasteiger partial charge in [0.25, 0.3) is 0 Å². The predicted octanol–water partition coefficient (Wildman–Crippen LogP) is 5.60. The summed E-state index contributed by atoms with van der Waals surface area (Å²) in [6, 6.07) is 0. The Labute approximate surface area is 133 Å².